The van der Waals surface area contributed by atoms with Gasteiger partial charge in [-0.3, -0.25) is 4.79 Å². The van der Waals surface area contributed by atoms with E-state index in [4.69, 9.17) is 15.1 Å². The molecular formula is C18H22N4O4. The number of likely N-dealkylation sites (tertiary alicyclic amines) is 1. The average molecular weight is 358 g/mol. The molecule has 2 amide bonds. The fourth-order valence-corrected chi connectivity index (χ4v) is 3.42. The summed E-state index contributed by atoms with van der Waals surface area (Å²) in [4.78, 5) is 29.0. The van der Waals surface area contributed by atoms with Gasteiger partial charge in [0.1, 0.15) is 12.2 Å². The monoisotopic (exact) mass is 358 g/mol. The van der Waals surface area contributed by atoms with Crippen molar-refractivity contribution in [3.05, 3.63) is 23.9 Å². The lowest BCUT2D eigenvalue weighted by Crippen LogP contribution is -2.46. The third-order valence-corrected chi connectivity index (χ3v) is 4.98. The van der Waals surface area contributed by atoms with Crippen LogP contribution in [0.4, 0.5) is 4.79 Å². The van der Waals surface area contributed by atoms with Crippen LogP contribution < -0.4 is 10.1 Å². The average Bonchev–Trinajstić information content (AvgIpc) is 3.15. The summed E-state index contributed by atoms with van der Waals surface area (Å²) in [6.07, 6.45) is 5.29. The molecule has 1 atom stereocenters. The van der Waals surface area contributed by atoms with E-state index in [-0.39, 0.29) is 24.7 Å². The van der Waals surface area contributed by atoms with E-state index in [1.165, 1.54) is 6.20 Å². The van der Waals surface area contributed by atoms with Crippen molar-refractivity contribution in [3.63, 3.8) is 0 Å². The molecule has 0 aromatic carbocycles. The van der Waals surface area contributed by atoms with Crippen LogP contribution in [0.3, 0.4) is 0 Å². The van der Waals surface area contributed by atoms with E-state index in [1.807, 2.05) is 6.07 Å². The maximum atomic E-state index is 12.3. The van der Waals surface area contributed by atoms with Crippen molar-refractivity contribution in [1.29, 1.82) is 5.26 Å². The fraction of sp³-hybridized carbons (Fsp3) is 0.556. The Kier molecular flexibility index (Phi) is 5.56. The molecular weight excluding hydrogens is 336 g/mol. The SMILES string of the molecule is N#Cc1ccc(OC2CCC(NC(=O)N3CCC(C(=O)O)C3)CC2)nc1. The minimum Gasteiger partial charge on any atom is -0.481 e. The van der Waals surface area contributed by atoms with E-state index < -0.39 is 11.9 Å². The second-order valence-electron chi connectivity index (χ2n) is 6.81. The summed E-state index contributed by atoms with van der Waals surface area (Å²) in [7, 11) is 0. The number of amides is 2. The summed E-state index contributed by atoms with van der Waals surface area (Å²) in [6, 6.07) is 5.30. The molecule has 8 heteroatoms. The molecule has 2 fully saturated rings. The van der Waals surface area contributed by atoms with Gasteiger partial charge < -0.3 is 20.1 Å². The summed E-state index contributed by atoms with van der Waals surface area (Å²) in [5, 5.41) is 20.8. The van der Waals surface area contributed by atoms with Gasteiger partial charge in [0.05, 0.1) is 11.5 Å². The molecule has 0 radical (unpaired) electrons. The normalized spacial score (nSPS) is 25.3. The quantitative estimate of drug-likeness (QED) is 0.847. The summed E-state index contributed by atoms with van der Waals surface area (Å²) in [5.74, 6) is -0.785. The lowest BCUT2D eigenvalue weighted by atomic mass is 9.93. The fourth-order valence-electron chi connectivity index (χ4n) is 3.42. The van der Waals surface area contributed by atoms with Crippen LogP contribution in [0, 0.1) is 17.2 Å². The molecule has 0 bridgehead atoms. The highest BCUT2D eigenvalue weighted by molar-refractivity contribution is 5.77. The highest BCUT2D eigenvalue weighted by Crippen LogP contribution is 2.24. The molecule has 1 unspecified atom stereocenters. The molecule has 1 aromatic rings. The van der Waals surface area contributed by atoms with Gasteiger partial charge in [-0.05, 0) is 38.2 Å². The molecule has 26 heavy (non-hydrogen) atoms. The first kappa shape index (κ1) is 18.0. The highest BCUT2D eigenvalue weighted by atomic mass is 16.5. The Morgan fingerprint density at radius 3 is 2.62 bits per heavy atom. The molecule has 3 rings (SSSR count). The second-order valence-corrected chi connectivity index (χ2v) is 6.81. The van der Waals surface area contributed by atoms with Gasteiger partial charge in [0.25, 0.3) is 0 Å². The number of aliphatic carboxylic acids is 1. The number of pyridine rings is 1. The first-order valence-electron chi connectivity index (χ1n) is 8.86. The van der Waals surface area contributed by atoms with Gasteiger partial charge in [-0.1, -0.05) is 0 Å². The molecule has 1 aliphatic carbocycles. The van der Waals surface area contributed by atoms with Crippen molar-refractivity contribution in [1.82, 2.24) is 15.2 Å². The number of carboxylic acids is 1. The van der Waals surface area contributed by atoms with Crippen LogP contribution in [-0.4, -0.2) is 52.2 Å². The minimum atomic E-state index is -0.839. The van der Waals surface area contributed by atoms with Gasteiger partial charge >= 0.3 is 12.0 Å². The number of rotatable bonds is 4. The lowest BCUT2D eigenvalue weighted by Gasteiger charge is -2.30. The second kappa shape index (κ2) is 8.04. The van der Waals surface area contributed by atoms with Crippen LogP contribution in [0.15, 0.2) is 18.3 Å². The van der Waals surface area contributed by atoms with Crippen LogP contribution in [0.2, 0.25) is 0 Å². The smallest absolute Gasteiger partial charge is 0.317 e. The number of ether oxygens (including phenoxy) is 1. The van der Waals surface area contributed by atoms with E-state index in [9.17, 15) is 9.59 Å². The molecule has 8 nitrogen and oxygen atoms in total. The van der Waals surface area contributed by atoms with Crippen molar-refractivity contribution in [2.45, 2.75) is 44.2 Å². The minimum absolute atomic E-state index is 0.0479. The van der Waals surface area contributed by atoms with E-state index in [0.717, 1.165) is 25.7 Å². The zero-order chi connectivity index (χ0) is 18.5. The molecule has 2 aliphatic rings. The van der Waals surface area contributed by atoms with Gasteiger partial charge in [0, 0.05) is 31.4 Å². The predicted octanol–water partition coefficient (Wildman–Crippen LogP) is 1.76. The van der Waals surface area contributed by atoms with Gasteiger partial charge in [0.2, 0.25) is 5.88 Å². The van der Waals surface area contributed by atoms with Gasteiger partial charge in [-0.2, -0.15) is 5.26 Å². The van der Waals surface area contributed by atoms with Crippen molar-refractivity contribution in [2.75, 3.05) is 13.1 Å². The number of hydrogen-bond donors (Lipinski definition) is 2. The number of nitrogens with one attached hydrogen (secondary N) is 1. The molecule has 1 saturated carbocycles. The first-order valence-corrected chi connectivity index (χ1v) is 8.86. The third-order valence-electron chi connectivity index (χ3n) is 4.98. The van der Waals surface area contributed by atoms with Crippen LogP contribution in [0.5, 0.6) is 5.88 Å². The number of urea groups is 1. The van der Waals surface area contributed by atoms with Gasteiger partial charge in [-0.25, -0.2) is 9.78 Å². The Labute approximate surface area is 151 Å². The van der Waals surface area contributed by atoms with Crippen LogP contribution in [-0.2, 0) is 4.79 Å². The van der Waals surface area contributed by atoms with Crippen LogP contribution >= 0.6 is 0 Å². The number of carbonyl (C=O) groups excluding carboxylic acids is 1. The summed E-state index contributed by atoms with van der Waals surface area (Å²) in [6.45, 7) is 0.773. The van der Waals surface area contributed by atoms with Crippen molar-refractivity contribution in [2.24, 2.45) is 5.92 Å². The highest BCUT2D eigenvalue weighted by Gasteiger charge is 2.32. The van der Waals surface area contributed by atoms with E-state index in [2.05, 4.69) is 10.3 Å². The Bertz CT molecular complexity index is 692. The van der Waals surface area contributed by atoms with E-state index >= 15 is 0 Å². The topological polar surface area (TPSA) is 116 Å². The summed E-state index contributed by atoms with van der Waals surface area (Å²) in [5.41, 5.74) is 0.496. The number of hydrogen-bond acceptors (Lipinski definition) is 5. The van der Waals surface area contributed by atoms with Crippen molar-refractivity contribution in [3.8, 4) is 11.9 Å². The molecule has 138 valence electrons. The van der Waals surface area contributed by atoms with Crippen LogP contribution in [0.25, 0.3) is 0 Å². The Hall–Kier alpha value is -2.82. The van der Waals surface area contributed by atoms with E-state index in [0.29, 0.717) is 24.4 Å². The molecule has 0 spiro atoms. The molecule has 1 saturated heterocycles. The molecule has 1 aromatic heterocycles. The Balaban J connectivity index is 1.41. The largest absolute Gasteiger partial charge is 0.481 e. The first-order chi connectivity index (χ1) is 12.5. The number of nitrogens with zero attached hydrogens (tertiary/aromatic N) is 3. The van der Waals surface area contributed by atoms with Gasteiger partial charge in [-0.15, -0.1) is 0 Å². The third kappa shape index (κ3) is 4.42. The number of carboxylic acid groups (broad SMARTS) is 1. The van der Waals surface area contributed by atoms with Gasteiger partial charge in [0.15, 0.2) is 0 Å². The maximum Gasteiger partial charge on any atom is 0.317 e. The zero-order valence-corrected chi connectivity index (χ0v) is 14.4. The predicted molar refractivity (Wildman–Crippen MR) is 91.5 cm³/mol. The molecule has 2 N–H and O–H groups in total. The van der Waals surface area contributed by atoms with Crippen molar-refractivity contribution < 1.29 is 19.4 Å². The van der Waals surface area contributed by atoms with E-state index in [1.54, 1.807) is 17.0 Å². The number of carbonyl (C=O) groups is 2. The number of aromatic nitrogens is 1. The standard InChI is InChI=1S/C18H22N4O4/c19-9-12-1-6-16(20-10-12)26-15-4-2-14(3-5-15)21-18(25)22-8-7-13(11-22)17(23)24/h1,6,10,13-15H,2-5,7-8,11H2,(H,21,25)(H,23,24). The maximum absolute atomic E-state index is 12.3. The molecule has 1 aliphatic heterocycles. The lowest BCUT2D eigenvalue weighted by molar-refractivity contribution is -0.141. The van der Waals surface area contributed by atoms with Crippen molar-refractivity contribution >= 4 is 12.0 Å². The molecule has 2 heterocycles. The Morgan fingerprint density at radius 1 is 1.27 bits per heavy atom. The summed E-state index contributed by atoms with van der Waals surface area (Å²) < 4.78 is 5.84. The number of nitriles is 1. The van der Waals surface area contributed by atoms with Crippen LogP contribution in [0.1, 0.15) is 37.7 Å². The Morgan fingerprint density at radius 2 is 2.04 bits per heavy atom. The summed E-state index contributed by atoms with van der Waals surface area (Å²) >= 11 is 0. The zero-order valence-electron chi connectivity index (χ0n) is 14.4.